The Morgan fingerprint density at radius 3 is 2.41 bits per heavy atom. The highest BCUT2D eigenvalue weighted by Crippen LogP contribution is 2.44. The number of aryl methyl sites for hydroxylation is 1. The van der Waals surface area contributed by atoms with Gasteiger partial charge in [0.15, 0.2) is 5.16 Å². The number of amides is 2. The first kappa shape index (κ1) is 22.1. The molecule has 8 heteroatoms. The SMILES string of the molecule is CC.CCC(CC)N1C(=O)C2(CCc3cnc(SC)nc31)CCN(P)C2=O. The zero-order chi connectivity index (χ0) is 20.2. The molecular formula is C19H31N4O2PS. The molecule has 0 radical (unpaired) electrons. The van der Waals surface area contributed by atoms with Crippen LogP contribution >= 0.6 is 21.2 Å². The zero-order valence-corrected chi connectivity index (χ0v) is 19.0. The summed E-state index contributed by atoms with van der Waals surface area (Å²) in [4.78, 5) is 37.4. The van der Waals surface area contributed by atoms with Crippen molar-refractivity contribution in [2.45, 2.75) is 71.0 Å². The van der Waals surface area contributed by atoms with Gasteiger partial charge in [-0.25, -0.2) is 9.97 Å². The second-order valence-corrected chi connectivity index (χ2v) is 8.08. The van der Waals surface area contributed by atoms with Gasteiger partial charge < -0.3 is 4.67 Å². The van der Waals surface area contributed by atoms with Crippen molar-refractivity contribution in [3.05, 3.63) is 11.8 Å². The summed E-state index contributed by atoms with van der Waals surface area (Å²) in [6.45, 7) is 8.76. The van der Waals surface area contributed by atoms with E-state index < -0.39 is 5.41 Å². The van der Waals surface area contributed by atoms with Crippen LogP contribution < -0.4 is 4.90 Å². The van der Waals surface area contributed by atoms with Crippen molar-refractivity contribution in [2.75, 3.05) is 17.7 Å². The van der Waals surface area contributed by atoms with E-state index in [0.717, 1.165) is 18.4 Å². The molecule has 0 N–H and O–H groups in total. The third-order valence-corrected chi connectivity index (χ3v) is 6.49. The highest BCUT2D eigenvalue weighted by atomic mass is 32.2. The normalized spacial score (nSPS) is 22.0. The molecule has 1 fully saturated rings. The van der Waals surface area contributed by atoms with Gasteiger partial charge in [0.1, 0.15) is 11.2 Å². The molecule has 0 aliphatic carbocycles. The number of rotatable bonds is 4. The number of hydrogen-bond donors (Lipinski definition) is 0. The Morgan fingerprint density at radius 1 is 1.22 bits per heavy atom. The van der Waals surface area contributed by atoms with Gasteiger partial charge in [-0.1, -0.05) is 39.5 Å². The van der Waals surface area contributed by atoms with Crippen LogP contribution in [0, 0.1) is 5.41 Å². The minimum absolute atomic E-state index is 0.0391. The van der Waals surface area contributed by atoms with Gasteiger partial charge in [0.2, 0.25) is 11.8 Å². The highest BCUT2D eigenvalue weighted by molar-refractivity contribution is 7.98. The standard InChI is InChI=1S/C17H25N4O2PS.C2H6/c1-4-12(5-2)21-13-11(10-18-16(19-13)25-3)6-7-17(15(21)23)8-9-20(24)14(17)22;1-2/h10,12H,4-9,24H2,1-3H3;1-2H3. The Balaban J connectivity index is 0.00000126. The average molecular weight is 411 g/mol. The van der Waals surface area contributed by atoms with Crippen molar-refractivity contribution in [1.82, 2.24) is 14.6 Å². The maximum atomic E-state index is 13.6. The molecule has 3 heterocycles. The molecule has 2 aliphatic rings. The zero-order valence-electron chi connectivity index (χ0n) is 17.0. The van der Waals surface area contributed by atoms with Crippen molar-refractivity contribution in [3.63, 3.8) is 0 Å². The molecule has 2 atom stereocenters. The van der Waals surface area contributed by atoms with Gasteiger partial charge in [0.05, 0.1) is 0 Å². The molecular weight excluding hydrogens is 379 g/mol. The Kier molecular flexibility index (Phi) is 7.64. The Bertz CT molecular complexity index is 698. The Labute approximate surface area is 169 Å². The fourth-order valence-electron chi connectivity index (χ4n) is 3.86. The smallest absolute Gasteiger partial charge is 0.244 e. The third kappa shape index (κ3) is 3.86. The van der Waals surface area contributed by atoms with Gasteiger partial charge in [-0.05, 0) is 47.8 Å². The number of hydrogen-bond acceptors (Lipinski definition) is 5. The lowest BCUT2D eigenvalue weighted by molar-refractivity contribution is -0.142. The number of fused-ring (bicyclic) bond motifs is 1. The summed E-state index contributed by atoms with van der Waals surface area (Å²) < 4.78 is 1.61. The summed E-state index contributed by atoms with van der Waals surface area (Å²) in [5.41, 5.74) is 0.00909. The van der Waals surface area contributed by atoms with E-state index in [0.29, 0.717) is 36.8 Å². The summed E-state index contributed by atoms with van der Waals surface area (Å²) in [7, 11) is 2.46. The van der Waals surface area contributed by atoms with Gasteiger partial charge in [-0.15, -0.1) is 0 Å². The Morgan fingerprint density at radius 2 is 1.89 bits per heavy atom. The van der Waals surface area contributed by atoms with Crippen LogP contribution in [0.5, 0.6) is 0 Å². The quantitative estimate of drug-likeness (QED) is 0.328. The summed E-state index contributed by atoms with van der Waals surface area (Å²) in [6, 6.07) is 0.0391. The summed E-state index contributed by atoms with van der Waals surface area (Å²) in [6.07, 6.45) is 7.16. The summed E-state index contributed by atoms with van der Waals surface area (Å²) >= 11 is 1.46. The molecule has 150 valence electrons. The minimum atomic E-state index is -0.954. The number of anilines is 1. The fraction of sp³-hybridized carbons (Fsp3) is 0.684. The molecule has 2 unspecified atom stereocenters. The average Bonchev–Trinajstić information content (AvgIpc) is 2.93. The molecule has 1 spiro atoms. The van der Waals surface area contributed by atoms with Crippen molar-refractivity contribution >= 4 is 38.8 Å². The lowest BCUT2D eigenvalue weighted by atomic mass is 9.80. The summed E-state index contributed by atoms with van der Waals surface area (Å²) in [5.74, 6) is 0.537. The second-order valence-electron chi connectivity index (χ2n) is 6.68. The molecule has 0 aromatic carbocycles. The molecule has 1 aromatic heterocycles. The topological polar surface area (TPSA) is 66.4 Å². The lowest BCUT2D eigenvalue weighted by Crippen LogP contribution is -2.51. The Hall–Kier alpha value is -1.20. The van der Waals surface area contributed by atoms with E-state index in [-0.39, 0.29) is 17.9 Å². The second kappa shape index (κ2) is 9.33. The van der Waals surface area contributed by atoms with Crippen molar-refractivity contribution in [1.29, 1.82) is 0 Å². The minimum Gasteiger partial charge on any atom is -0.326 e. The maximum Gasteiger partial charge on any atom is 0.244 e. The molecule has 1 saturated heterocycles. The van der Waals surface area contributed by atoms with Crippen LogP contribution in [-0.4, -0.2) is 45.3 Å². The first-order valence-electron chi connectivity index (χ1n) is 9.78. The first-order chi connectivity index (χ1) is 13.0. The molecule has 6 nitrogen and oxygen atoms in total. The van der Waals surface area contributed by atoms with E-state index in [4.69, 9.17) is 0 Å². The van der Waals surface area contributed by atoms with Crippen molar-refractivity contribution in [2.24, 2.45) is 5.41 Å². The predicted octanol–water partition coefficient (Wildman–Crippen LogP) is 3.70. The molecule has 2 amide bonds. The van der Waals surface area contributed by atoms with Crippen LogP contribution in [0.3, 0.4) is 0 Å². The molecule has 1 aromatic rings. The first-order valence-corrected chi connectivity index (χ1v) is 11.5. The number of carbonyl (C=O) groups is 2. The van der Waals surface area contributed by atoms with Gasteiger partial charge in [-0.3, -0.25) is 14.5 Å². The molecule has 3 rings (SSSR count). The van der Waals surface area contributed by atoms with E-state index in [1.807, 2.05) is 31.2 Å². The largest absolute Gasteiger partial charge is 0.326 e. The van der Waals surface area contributed by atoms with Crippen LogP contribution in [0.15, 0.2) is 11.4 Å². The van der Waals surface area contributed by atoms with E-state index in [2.05, 4.69) is 33.2 Å². The van der Waals surface area contributed by atoms with E-state index in [1.54, 1.807) is 4.67 Å². The number of carbonyl (C=O) groups excluding carboxylic acids is 2. The maximum absolute atomic E-state index is 13.6. The van der Waals surface area contributed by atoms with Crippen molar-refractivity contribution < 1.29 is 9.59 Å². The fourth-order valence-corrected chi connectivity index (χ4v) is 4.58. The third-order valence-electron chi connectivity index (χ3n) is 5.44. The highest BCUT2D eigenvalue weighted by Gasteiger charge is 2.55. The molecule has 0 saturated carbocycles. The molecule has 0 bridgehead atoms. The van der Waals surface area contributed by atoms with Gasteiger partial charge >= 0.3 is 0 Å². The van der Waals surface area contributed by atoms with Crippen LogP contribution in [0.25, 0.3) is 0 Å². The molecule has 27 heavy (non-hydrogen) atoms. The number of nitrogens with zero attached hydrogens (tertiary/aromatic N) is 4. The molecule has 2 aliphatic heterocycles. The predicted molar refractivity (Wildman–Crippen MR) is 114 cm³/mol. The van der Waals surface area contributed by atoms with Crippen molar-refractivity contribution in [3.8, 4) is 0 Å². The number of aromatic nitrogens is 2. The van der Waals surface area contributed by atoms with Crippen LogP contribution in [0.2, 0.25) is 0 Å². The van der Waals surface area contributed by atoms with Gasteiger partial charge in [0.25, 0.3) is 0 Å². The van der Waals surface area contributed by atoms with E-state index in [1.165, 1.54) is 11.8 Å². The van der Waals surface area contributed by atoms with Crippen LogP contribution in [-0.2, 0) is 16.0 Å². The van der Waals surface area contributed by atoms with Gasteiger partial charge in [0, 0.05) is 24.3 Å². The summed E-state index contributed by atoms with van der Waals surface area (Å²) in [5, 5.41) is 0.656. The van der Waals surface area contributed by atoms with Gasteiger partial charge in [-0.2, -0.15) is 0 Å². The van der Waals surface area contributed by atoms with Crippen LogP contribution in [0.1, 0.15) is 58.9 Å². The van der Waals surface area contributed by atoms with E-state index in [9.17, 15) is 9.59 Å². The van der Waals surface area contributed by atoms with E-state index >= 15 is 0 Å². The lowest BCUT2D eigenvalue weighted by Gasteiger charge is -2.35. The monoisotopic (exact) mass is 410 g/mol. The number of thioether (sulfide) groups is 1. The van der Waals surface area contributed by atoms with Crippen LogP contribution in [0.4, 0.5) is 5.82 Å².